The van der Waals surface area contributed by atoms with Crippen LogP contribution in [0.15, 0.2) is 54.9 Å². The lowest BCUT2D eigenvalue weighted by atomic mass is 9.98. The zero-order valence-corrected chi connectivity index (χ0v) is 16.9. The molecule has 1 heterocycles. The molecule has 2 aromatic carbocycles. The molecule has 164 valence electrons. The van der Waals surface area contributed by atoms with Gasteiger partial charge in [0.1, 0.15) is 19.0 Å². The molecule has 0 saturated heterocycles. The number of anilines is 1. The van der Waals surface area contributed by atoms with Crippen LogP contribution in [0.2, 0.25) is 0 Å². The van der Waals surface area contributed by atoms with Crippen molar-refractivity contribution in [3.8, 4) is 11.1 Å². The molecule has 3 aromatic rings. The number of aromatic nitrogens is 3. The average Bonchev–Trinajstić information content (AvgIpc) is 3.41. The molecule has 10 heteroatoms. The zero-order chi connectivity index (χ0) is 22.5. The molecule has 0 bridgehead atoms. The number of carboxylic acid groups (broad SMARTS) is 1. The van der Waals surface area contributed by atoms with Gasteiger partial charge in [-0.1, -0.05) is 48.5 Å². The molecule has 1 aliphatic rings. The molecule has 0 fully saturated rings. The number of alkyl carbamates (subject to hydrolysis) is 1. The number of nitrogens with one attached hydrogen (secondary N) is 3. The molecule has 4 rings (SSSR count). The predicted molar refractivity (Wildman–Crippen MR) is 114 cm³/mol. The quantitative estimate of drug-likeness (QED) is 0.425. The van der Waals surface area contributed by atoms with Crippen LogP contribution in [0.25, 0.3) is 11.1 Å². The van der Waals surface area contributed by atoms with E-state index in [1.165, 1.54) is 6.33 Å². The molecule has 32 heavy (non-hydrogen) atoms. The molecular weight excluding hydrogens is 414 g/mol. The molecule has 1 unspecified atom stereocenters. The van der Waals surface area contributed by atoms with Gasteiger partial charge in [0.25, 0.3) is 0 Å². The predicted octanol–water partition coefficient (Wildman–Crippen LogP) is 2.52. The van der Waals surface area contributed by atoms with E-state index in [0.717, 1.165) is 22.3 Å². The fourth-order valence-electron chi connectivity index (χ4n) is 3.79. The maximum Gasteiger partial charge on any atom is 0.407 e. The molecule has 2 amide bonds. The summed E-state index contributed by atoms with van der Waals surface area (Å²) >= 11 is 0. The molecule has 1 aliphatic carbocycles. The molecule has 10 nitrogen and oxygen atoms in total. The van der Waals surface area contributed by atoms with Crippen LogP contribution in [0.5, 0.6) is 0 Å². The van der Waals surface area contributed by atoms with Crippen LogP contribution in [0.4, 0.5) is 10.7 Å². The van der Waals surface area contributed by atoms with E-state index in [0.29, 0.717) is 0 Å². The van der Waals surface area contributed by atoms with Gasteiger partial charge < -0.3 is 15.2 Å². The van der Waals surface area contributed by atoms with Crippen LogP contribution in [0, 0.1) is 0 Å². The number of carbonyl (C=O) groups is 3. The standard InChI is InChI=1S/C22H21N5O5/c28-19(29)10-9-18(20(30)26-21-23-12-24-27-21)25-22(31)32-11-17-15-7-3-1-5-13(15)14-6-2-4-8-16(14)17/h1-8,12,17-18H,9-11H2,(H,25,31)(H,28,29)(H2,23,24,26,27,30). The van der Waals surface area contributed by atoms with E-state index in [9.17, 15) is 14.4 Å². The topological polar surface area (TPSA) is 146 Å². The number of amides is 2. The minimum absolute atomic E-state index is 0.0786. The number of carboxylic acids is 1. The number of H-pyrrole nitrogens is 1. The van der Waals surface area contributed by atoms with Crippen molar-refractivity contribution in [1.82, 2.24) is 20.5 Å². The van der Waals surface area contributed by atoms with E-state index >= 15 is 0 Å². The Hall–Kier alpha value is -4.21. The summed E-state index contributed by atoms with van der Waals surface area (Å²) in [5.41, 5.74) is 4.32. The summed E-state index contributed by atoms with van der Waals surface area (Å²) in [6, 6.07) is 14.8. The van der Waals surface area contributed by atoms with Gasteiger partial charge in [0.05, 0.1) is 0 Å². The highest BCUT2D eigenvalue weighted by Gasteiger charge is 2.30. The largest absolute Gasteiger partial charge is 0.481 e. The Morgan fingerprint density at radius 2 is 1.72 bits per heavy atom. The van der Waals surface area contributed by atoms with E-state index in [2.05, 4.69) is 25.8 Å². The molecular formula is C22H21N5O5. The first kappa shape index (κ1) is 21.0. The number of benzene rings is 2. The van der Waals surface area contributed by atoms with E-state index in [1.807, 2.05) is 48.5 Å². The summed E-state index contributed by atoms with van der Waals surface area (Å²) in [5, 5.41) is 20.0. The number of aliphatic carboxylic acids is 1. The Morgan fingerprint density at radius 1 is 1.06 bits per heavy atom. The van der Waals surface area contributed by atoms with Crippen molar-refractivity contribution < 1.29 is 24.2 Å². The molecule has 1 aromatic heterocycles. The highest BCUT2D eigenvalue weighted by Crippen LogP contribution is 2.44. The zero-order valence-electron chi connectivity index (χ0n) is 16.9. The maximum atomic E-state index is 12.5. The SMILES string of the molecule is O=C(O)CCC(NC(=O)OCC1c2ccccc2-c2ccccc21)C(=O)Nc1ncn[nH]1. The van der Waals surface area contributed by atoms with Gasteiger partial charge in [0, 0.05) is 12.3 Å². The van der Waals surface area contributed by atoms with E-state index in [-0.39, 0.29) is 31.3 Å². The fourth-order valence-corrected chi connectivity index (χ4v) is 3.79. The molecule has 0 spiro atoms. The summed E-state index contributed by atoms with van der Waals surface area (Å²) in [6.45, 7) is 0.0786. The number of hydrogen-bond donors (Lipinski definition) is 4. The van der Waals surface area contributed by atoms with Crippen LogP contribution in [-0.4, -0.2) is 50.9 Å². The summed E-state index contributed by atoms with van der Waals surface area (Å²) in [6.07, 6.45) is -0.0200. The van der Waals surface area contributed by atoms with Gasteiger partial charge in [-0.05, 0) is 28.7 Å². The van der Waals surface area contributed by atoms with Gasteiger partial charge in [-0.3, -0.25) is 14.9 Å². The van der Waals surface area contributed by atoms with Crippen LogP contribution >= 0.6 is 0 Å². The smallest absolute Gasteiger partial charge is 0.407 e. The number of hydrogen-bond acceptors (Lipinski definition) is 6. The molecule has 4 N–H and O–H groups in total. The monoisotopic (exact) mass is 435 g/mol. The summed E-state index contributed by atoms with van der Waals surface area (Å²) in [5.74, 6) is -1.76. The van der Waals surface area contributed by atoms with Crippen molar-refractivity contribution in [2.24, 2.45) is 0 Å². The van der Waals surface area contributed by atoms with Crippen molar-refractivity contribution in [2.45, 2.75) is 24.8 Å². The van der Waals surface area contributed by atoms with Gasteiger partial charge in [-0.2, -0.15) is 10.1 Å². The number of rotatable bonds is 8. The minimum Gasteiger partial charge on any atom is -0.481 e. The molecule has 0 aliphatic heterocycles. The van der Waals surface area contributed by atoms with Gasteiger partial charge in [-0.25, -0.2) is 9.89 Å². The first-order chi connectivity index (χ1) is 15.5. The van der Waals surface area contributed by atoms with E-state index in [4.69, 9.17) is 9.84 Å². The lowest BCUT2D eigenvalue weighted by Crippen LogP contribution is -2.44. The summed E-state index contributed by atoms with van der Waals surface area (Å²) < 4.78 is 5.45. The van der Waals surface area contributed by atoms with Crippen LogP contribution < -0.4 is 10.6 Å². The second-order valence-electron chi connectivity index (χ2n) is 7.28. The van der Waals surface area contributed by atoms with Gasteiger partial charge >= 0.3 is 12.1 Å². The Labute approximate surface area is 183 Å². The molecule has 0 saturated carbocycles. The highest BCUT2D eigenvalue weighted by molar-refractivity contribution is 5.95. The average molecular weight is 435 g/mol. The van der Waals surface area contributed by atoms with Crippen LogP contribution in [-0.2, 0) is 14.3 Å². The number of fused-ring (bicyclic) bond motifs is 3. The summed E-state index contributed by atoms with van der Waals surface area (Å²) in [4.78, 5) is 39.7. The Bertz CT molecular complexity index is 1090. The number of nitrogens with zero attached hydrogens (tertiary/aromatic N) is 2. The maximum absolute atomic E-state index is 12.5. The molecule has 1 atom stereocenters. The van der Waals surface area contributed by atoms with Crippen LogP contribution in [0.3, 0.4) is 0 Å². The number of aromatic amines is 1. The van der Waals surface area contributed by atoms with Gasteiger partial charge in [0.2, 0.25) is 11.9 Å². The third-order valence-electron chi connectivity index (χ3n) is 5.26. The fraction of sp³-hybridized carbons (Fsp3) is 0.227. The van der Waals surface area contributed by atoms with Crippen molar-refractivity contribution in [3.63, 3.8) is 0 Å². The number of carbonyl (C=O) groups excluding carboxylic acids is 2. The Morgan fingerprint density at radius 3 is 2.31 bits per heavy atom. The Balaban J connectivity index is 1.42. The highest BCUT2D eigenvalue weighted by atomic mass is 16.5. The Kier molecular flexibility index (Phi) is 6.11. The summed E-state index contributed by atoms with van der Waals surface area (Å²) in [7, 11) is 0. The van der Waals surface area contributed by atoms with Gasteiger partial charge in [0.15, 0.2) is 0 Å². The lowest BCUT2D eigenvalue weighted by Gasteiger charge is -2.19. The van der Waals surface area contributed by atoms with E-state index in [1.54, 1.807) is 0 Å². The molecule has 0 radical (unpaired) electrons. The third-order valence-corrected chi connectivity index (χ3v) is 5.26. The van der Waals surface area contributed by atoms with E-state index < -0.39 is 24.0 Å². The second kappa shape index (κ2) is 9.29. The first-order valence-electron chi connectivity index (χ1n) is 10.0. The van der Waals surface area contributed by atoms with Crippen molar-refractivity contribution in [3.05, 3.63) is 66.0 Å². The number of ether oxygens (including phenoxy) is 1. The normalized spacial score (nSPS) is 13.0. The third kappa shape index (κ3) is 4.59. The minimum atomic E-state index is -1.12. The van der Waals surface area contributed by atoms with Crippen LogP contribution in [0.1, 0.15) is 29.9 Å². The van der Waals surface area contributed by atoms with Crippen molar-refractivity contribution in [1.29, 1.82) is 0 Å². The lowest BCUT2D eigenvalue weighted by molar-refractivity contribution is -0.137. The second-order valence-corrected chi connectivity index (χ2v) is 7.28. The van der Waals surface area contributed by atoms with Crippen molar-refractivity contribution in [2.75, 3.05) is 11.9 Å². The van der Waals surface area contributed by atoms with Gasteiger partial charge in [-0.15, -0.1) is 0 Å². The van der Waals surface area contributed by atoms with Crippen molar-refractivity contribution >= 4 is 23.9 Å². The first-order valence-corrected chi connectivity index (χ1v) is 10.0.